The lowest BCUT2D eigenvalue weighted by atomic mass is 9.85. The molecule has 0 bridgehead atoms. The highest BCUT2D eigenvalue weighted by Crippen LogP contribution is 2.44. The number of aryl methyl sites for hydroxylation is 2. The third-order valence-electron chi connectivity index (χ3n) is 4.93. The summed E-state index contributed by atoms with van der Waals surface area (Å²) in [4.78, 5) is 4.50. The summed E-state index contributed by atoms with van der Waals surface area (Å²) in [5.41, 5.74) is 5.30. The van der Waals surface area contributed by atoms with Crippen LogP contribution < -0.4 is 0 Å². The van der Waals surface area contributed by atoms with E-state index in [2.05, 4.69) is 20.9 Å². The molecule has 0 spiro atoms. The van der Waals surface area contributed by atoms with Gasteiger partial charge >= 0.3 is 6.97 Å². The summed E-state index contributed by atoms with van der Waals surface area (Å²) in [7, 11) is 0. The van der Waals surface area contributed by atoms with E-state index in [0.29, 0.717) is 28.5 Å². The molecule has 0 atom stereocenters. The van der Waals surface area contributed by atoms with Gasteiger partial charge in [0.05, 0.1) is 11.3 Å². The van der Waals surface area contributed by atoms with Gasteiger partial charge in [-0.25, -0.2) is 0 Å². The molecule has 4 rings (SSSR count). The van der Waals surface area contributed by atoms with Crippen molar-refractivity contribution in [1.82, 2.24) is 9.46 Å². The van der Waals surface area contributed by atoms with Crippen molar-refractivity contribution in [2.75, 3.05) is 0 Å². The number of hydrogen-bond donors (Lipinski definition) is 0. The van der Waals surface area contributed by atoms with Crippen molar-refractivity contribution >= 4 is 34.2 Å². The molecule has 2 aliphatic heterocycles. The first-order chi connectivity index (χ1) is 11.7. The van der Waals surface area contributed by atoms with E-state index >= 15 is 8.63 Å². The highest BCUT2D eigenvalue weighted by atomic mass is 79.9. The molecule has 0 amide bonds. The van der Waals surface area contributed by atoms with E-state index in [1.807, 2.05) is 38.1 Å². The van der Waals surface area contributed by atoms with Crippen LogP contribution in [0.5, 0.6) is 0 Å². The first-order valence-electron chi connectivity index (χ1n) is 8.13. The van der Waals surface area contributed by atoms with Gasteiger partial charge in [0.2, 0.25) is 0 Å². The van der Waals surface area contributed by atoms with Gasteiger partial charge in [0.1, 0.15) is 5.71 Å². The molecule has 2 aliphatic rings. The molecule has 0 saturated heterocycles. The lowest BCUT2D eigenvalue weighted by molar-refractivity contribution is -0.363. The standard InChI is InChI=1S/C18H17BBrF2N3/c1-10-8-12(3)24-17(10)15(16-14(20)6-5-7-23-16)18-11(2)9-13(4)25(18)19(24,21)22/h5-9H,1-4H3. The van der Waals surface area contributed by atoms with Crippen LogP contribution in [-0.4, -0.2) is 26.6 Å². The van der Waals surface area contributed by atoms with Gasteiger partial charge in [-0.3, -0.25) is 4.98 Å². The van der Waals surface area contributed by atoms with Crippen molar-refractivity contribution in [3.8, 4) is 0 Å². The van der Waals surface area contributed by atoms with Crippen LogP contribution in [-0.2, 0) is 0 Å². The average Bonchev–Trinajstić information content (AvgIpc) is 2.99. The molecule has 25 heavy (non-hydrogen) atoms. The van der Waals surface area contributed by atoms with Gasteiger partial charge in [-0.05, 0) is 66.2 Å². The van der Waals surface area contributed by atoms with Crippen molar-refractivity contribution in [2.24, 2.45) is 0 Å². The van der Waals surface area contributed by atoms with Crippen LogP contribution in [0.15, 0.2) is 46.2 Å². The summed E-state index contributed by atoms with van der Waals surface area (Å²) >= 11 is 3.54. The normalized spacial score (nSPS) is 18.4. The maximum absolute atomic E-state index is 15.5. The number of allylic oxidation sites excluding steroid dienone is 2. The fourth-order valence-electron chi connectivity index (χ4n) is 4.09. The number of nitrogens with zero attached hydrogens (tertiary/aromatic N) is 3. The highest BCUT2D eigenvalue weighted by Gasteiger charge is 2.55. The van der Waals surface area contributed by atoms with Crippen molar-refractivity contribution in [3.05, 3.63) is 68.9 Å². The van der Waals surface area contributed by atoms with Crippen molar-refractivity contribution < 1.29 is 13.1 Å². The molecule has 0 N–H and O–H groups in total. The molecule has 0 unspecified atom stereocenters. The Morgan fingerprint density at radius 1 is 1.20 bits per heavy atom. The van der Waals surface area contributed by atoms with Gasteiger partial charge in [0.15, 0.2) is 5.70 Å². The second-order valence-corrected chi connectivity index (χ2v) is 7.53. The molecule has 0 aliphatic carbocycles. The summed E-state index contributed by atoms with van der Waals surface area (Å²) < 4.78 is 34.1. The largest absolute Gasteiger partial charge is 0.737 e. The highest BCUT2D eigenvalue weighted by molar-refractivity contribution is 9.10. The summed E-state index contributed by atoms with van der Waals surface area (Å²) in [6.07, 6.45) is 3.51. The zero-order valence-electron chi connectivity index (χ0n) is 14.4. The predicted octanol–water partition coefficient (Wildman–Crippen LogP) is 4.69. The van der Waals surface area contributed by atoms with Gasteiger partial charge < -0.3 is 17.6 Å². The molecule has 0 aromatic carbocycles. The Labute approximate surface area is 153 Å². The third-order valence-corrected chi connectivity index (χ3v) is 5.57. The van der Waals surface area contributed by atoms with E-state index in [9.17, 15) is 0 Å². The fourth-order valence-corrected chi connectivity index (χ4v) is 4.55. The number of aromatic nitrogens is 2. The zero-order chi connectivity index (χ0) is 18.1. The number of hydrogen-bond acceptors (Lipinski definition) is 1. The average molecular weight is 404 g/mol. The number of rotatable bonds is 1. The molecule has 7 heteroatoms. The number of halogens is 3. The molecular formula is C18H17BBrF2N3. The number of pyridine rings is 1. The van der Waals surface area contributed by atoms with Crippen molar-refractivity contribution in [2.45, 2.75) is 27.7 Å². The van der Waals surface area contributed by atoms with Crippen LogP contribution in [0.1, 0.15) is 36.5 Å². The minimum absolute atomic E-state index is 0.551. The lowest BCUT2D eigenvalue weighted by Gasteiger charge is -2.33. The maximum atomic E-state index is 15.5. The third kappa shape index (κ3) is 2.08. The Hall–Kier alpha value is -2.02. The summed E-state index contributed by atoms with van der Waals surface area (Å²) in [5, 5.41) is 0. The Kier molecular flexibility index (Phi) is 3.45. The Morgan fingerprint density at radius 3 is 2.60 bits per heavy atom. The quantitative estimate of drug-likeness (QED) is 0.632. The van der Waals surface area contributed by atoms with Crippen LogP contribution in [0.25, 0.3) is 5.57 Å². The SMILES string of the molecule is CC1=CC(C)=[N+]2C1=C(c1ncccc1Br)c1c(C)cc(C)n1[B-]2(F)F. The van der Waals surface area contributed by atoms with Gasteiger partial charge in [0, 0.05) is 34.9 Å². The summed E-state index contributed by atoms with van der Waals surface area (Å²) in [6.45, 7) is 3.27. The van der Waals surface area contributed by atoms with Crippen LogP contribution in [0.4, 0.5) is 8.63 Å². The Bertz CT molecular complexity index is 1030. The van der Waals surface area contributed by atoms with Gasteiger partial charge in [-0.15, -0.1) is 0 Å². The van der Waals surface area contributed by atoms with E-state index in [1.165, 1.54) is 8.96 Å². The minimum Gasteiger partial charge on any atom is -0.393 e. The monoisotopic (exact) mass is 403 g/mol. The van der Waals surface area contributed by atoms with E-state index in [1.54, 1.807) is 20.0 Å². The van der Waals surface area contributed by atoms with E-state index in [0.717, 1.165) is 21.2 Å². The zero-order valence-corrected chi connectivity index (χ0v) is 16.0. The molecule has 0 radical (unpaired) electrons. The number of fused-ring (bicyclic) bond motifs is 2. The van der Waals surface area contributed by atoms with E-state index in [-0.39, 0.29) is 0 Å². The van der Waals surface area contributed by atoms with Crippen molar-refractivity contribution in [3.63, 3.8) is 0 Å². The minimum atomic E-state index is -3.94. The van der Waals surface area contributed by atoms with Crippen LogP contribution in [0.3, 0.4) is 0 Å². The van der Waals surface area contributed by atoms with E-state index in [4.69, 9.17) is 0 Å². The Balaban J connectivity index is 2.22. The molecule has 4 heterocycles. The van der Waals surface area contributed by atoms with Gasteiger partial charge in [-0.1, -0.05) is 0 Å². The van der Waals surface area contributed by atoms with Gasteiger partial charge in [-0.2, -0.15) is 0 Å². The van der Waals surface area contributed by atoms with Crippen molar-refractivity contribution in [1.29, 1.82) is 0 Å². The second-order valence-electron chi connectivity index (χ2n) is 6.67. The Morgan fingerprint density at radius 2 is 1.92 bits per heavy atom. The lowest BCUT2D eigenvalue weighted by Crippen LogP contribution is -2.51. The molecule has 2 aromatic heterocycles. The second kappa shape index (κ2) is 5.24. The molecule has 2 aromatic rings. The summed E-state index contributed by atoms with van der Waals surface area (Å²) in [6, 6.07) is 5.53. The molecule has 3 nitrogen and oxygen atoms in total. The summed E-state index contributed by atoms with van der Waals surface area (Å²) in [5.74, 6) is 0. The molecular weight excluding hydrogens is 387 g/mol. The first kappa shape index (κ1) is 16.5. The maximum Gasteiger partial charge on any atom is 0.737 e. The smallest absolute Gasteiger partial charge is 0.393 e. The van der Waals surface area contributed by atoms with E-state index < -0.39 is 6.97 Å². The van der Waals surface area contributed by atoms with Gasteiger partial charge in [0.25, 0.3) is 0 Å². The van der Waals surface area contributed by atoms with Crippen LogP contribution in [0.2, 0.25) is 0 Å². The molecule has 0 fully saturated rings. The molecule has 128 valence electrons. The topological polar surface area (TPSA) is 20.8 Å². The first-order valence-corrected chi connectivity index (χ1v) is 8.92. The van der Waals surface area contributed by atoms with Crippen LogP contribution >= 0.6 is 15.9 Å². The fraction of sp³-hybridized carbons (Fsp3) is 0.222. The van der Waals surface area contributed by atoms with Crippen LogP contribution in [0, 0.1) is 13.8 Å². The predicted molar refractivity (Wildman–Crippen MR) is 99.9 cm³/mol. The molecule has 0 saturated carbocycles.